The van der Waals surface area contributed by atoms with Crippen LogP contribution < -0.4 is 0 Å². The summed E-state index contributed by atoms with van der Waals surface area (Å²) in [6.07, 6.45) is 1.49. The van der Waals surface area contributed by atoms with Gasteiger partial charge in [0, 0.05) is 17.4 Å². The minimum absolute atomic E-state index is 0.700. The molecule has 0 spiro atoms. The van der Waals surface area contributed by atoms with Crippen LogP contribution in [0.25, 0.3) is 11.3 Å². The Morgan fingerprint density at radius 2 is 2.11 bits per heavy atom. The smallest absolute Gasteiger partial charge is 0.183 e. The van der Waals surface area contributed by atoms with Gasteiger partial charge in [-0.3, -0.25) is 5.10 Å². The Morgan fingerprint density at radius 1 is 1.22 bits per heavy atom. The van der Waals surface area contributed by atoms with E-state index >= 15 is 0 Å². The molecule has 0 saturated carbocycles. The van der Waals surface area contributed by atoms with Crippen LogP contribution >= 0.6 is 11.8 Å². The zero-order valence-corrected chi connectivity index (χ0v) is 10.2. The fourth-order valence-corrected chi connectivity index (χ4v) is 2.18. The molecule has 0 radical (unpaired) electrons. The Morgan fingerprint density at radius 3 is 2.89 bits per heavy atom. The Bertz CT molecular complexity index is 606. The van der Waals surface area contributed by atoms with E-state index in [2.05, 4.69) is 20.3 Å². The Labute approximate surface area is 108 Å². The summed E-state index contributed by atoms with van der Waals surface area (Å²) in [5, 5.41) is 11.4. The minimum atomic E-state index is 0.700. The molecule has 90 valence electrons. The molecule has 3 rings (SSSR count). The second-order valence-electron chi connectivity index (χ2n) is 3.63. The number of hydrogen-bond donors (Lipinski definition) is 1. The van der Waals surface area contributed by atoms with Crippen molar-refractivity contribution < 1.29 is 4.52 Å². The lowest BCUT2D eigenvalue weighted by molar-refractivity contribution is 0.426. The molecule has 3 aromatic rings. The monoisotopic (exact) mass is 258 g/mol. The molecule has 1 N–H and O–H groups in total. The van der Waals surface area contributed by atoms with Crippen molar-refractivity contribution in [1.29, 1.82) is 0 Å². The second kappa shape index (κ2) is 5.05. The lowest BCUT2D eigenvalue weighted by atomic mass is 10.2. The van der Waals surface area contributed by atoms with E-state index in [1.807, 2.05) is 36.4 Å². The van der Waals surface area contributed by atoms with Crippen molar-refractivity contribution in [2.24, 2.45) is 0 Å². The third kappa shape index (κ3) is 2.43. The van der Waals surface area contributed by atoms with Gasteiger partial charge in [0.2, 0.25) is 0 Å². The van der Waals surface area contributed by atoms with Gasteiger partial charge in [0.15, 0.2) is 10.9 Å². The minimum Gasteiger partial charge on any atom is -0.356 e. The maximum absolute atomic E-state index is 5.31. The summed E-state index contributed by atoms with van der Waals surface area (Å²) in [7, 11) is 0. The van der Waals surface area contributed by atoms with Crippen LogP contribution in [0, 0.1) is 0 Å². The normalized spacial score (nSPS) is 10.7. The van der Waals surface area contributed by atoms with Crippen molar-refractivity contribution in [1.82, 2.24) is 20.3 Å². The Balaban J connectivity index is 1.70. The van der Waals surface area contributed by atoms with Crippen LogP contribution in [0.3, 0.4) is 0 Å². The molecule has 0 saturated heterocycles. The van der Waals surface area contributed by atoms with Crippen LogP contribution in [0.2, 0.25) is 0 Å². The lowest BCUT2D eigenvalue weighted by Gasteiger charge is -1.92. The highest BCUT2D eigenvalue weighted by Gasteiger charge is 2.07. The SMILES string of the molecule is c1ccc(-c2cc(CSc3ncn[nH]3)no2)cc1. The van der Waals surface area contributed by atoms with E-state index < -0.39 is 0 Å². The summed E-state index contributed by atoms with van der Waals surface area (Å²) in [6, 6.07) is 11.8. The van der Waals surface area contributed by atoms with E-state index in [0.29, 0.717) is 5.75 Å². The summed E-state index contributed by atoms with van der Waals surface area (Å²) in [6.45, 7) is 0. The predicted molar refractivity (Wildman–Crippen MR) is 67.9 cm³/mol. The zero-order chi connectivity index (χ0) is 12.2. The largest absolute Gasteiger partial charge is 0.356 e. The van der Waals surface area contributed by atoms with Gasteiger partial charge >= 0.3 is 0 Å². The highest BCUT2D eigenvalue weighted by atomic mass is 32.2. The molecule has 0 unspecified atom stereocenters. The van der Waals surface area contributed by atoms with E-state index in [9.17, 15) is 0 Å². The molecule has 2 aromatic heterocycles. The number of nitrogens with one attached hydrogen (secondary N) is 1. The van der Waals surface area contributed by atoms with Crippen LogP contribution in [-0.4, -0.2) is 20.3 Å². The molecule has 0 amide bonds. The van der Waals surface area contributed by atoms with Crippen molar-refractivity contribution in [2.75, 3.05) is 0 Å². The van der Waals surface area contributed by atoms with E-state index in [-0.39, 0.29) is 0 Å². The molecule has 0 bridgehead atoms. The molecule has 18 heavy (non-hydrogen) atoms. The van der Waals surface area contributed by atoms with Crippen LogP contribution in [0.15, 0.2) is 52.4 Å². The molecule has 5 nitrogen and oxygen atoms in total. The van der Waals surface area contributed by atoms with Gasteiger partial charge in [0.25, 0.3) is 0 Å². The fourth-order valence-electron chi connectivity index (χ4n) is 1.52. The first kappa shape index (κ1) is 11.0. The molecule has 0 atom stereocenters. The van der Waals surface area contributed by atoms with Crippen molar-refractivity contribution in [3.05, 3.63) is 48.4 Å². The molecule has 2 heterocycles. The van der Waals surface area contributed by atoms with E-state index in [1.54, 1.807) is 0 Å². The summed E-state index contributed by atoms with van der Waals surface area (Å²) >= 11 is 1.54. The van der Waals surface area contributed by atoms with Crippen LogP contribution in [-0.2, 0) is 5.75 Å². The second-order valence-corrected chi connectivity index (χ2v) is 4.59. The number of aromatic amines is 1. The highest BCUT2D eigenvalue weighted by Crippen LogP contribution is 2.23. The topological polar surface area (TPSA) is 67.6 Å². The Kier molecular flexibility index (Phi) is 3.10. The molecular weight excluding hydrogens is 248 g/mol. The number of nitrogens with zero attached hydrogens (tertiary/aromatic N) is 3. The third-order valence-electron chi connectivity index (χ3n) is 2.37. The summed E-state index contributed by atoms with van der Waals surface area (Å²) < 4.78 is 5.31. The quantitative estimate of drug-likeness (QED) is 0.729. The zero-order valence-electron chi connectivity index (χ0n) is 9.41. The number of aromatic nitrogens is 4. The number of benzene rings is 1. The first-order valence-corrected chi connectivity index (χ1v) is 6.39. The van der Waals surface area contributed by atoms with Crippen LogP contribution in [0.1, 0.15) is 5.69 Å². The highest BCUT2D eigenvalue weighted by molar-refractivity contribution is 7.98. The first-order chi connectivity index (χ1) is 8.92. The number of H-pyrrole nitrogens is 1. The summed E-state index contributed by atoms with van der Waals surface area (Å²) in [5.41, 5.74) is 1.91. The van der Waals surface area contributed by atoms with Gasteiger partial charge in [-0.05, 0) is 0 Å². The van der Waals surface area contributed by atoms with Crippen molar-refractivity contribution in [3.63, 3.8) is 0 Å². The van der Waals surface area contributed by atoms with Gasteiger partial charge in [-0.1, -0.05) is 47.3 Å². The van der Waals surface area contributed by atoms with Gasteiger partial charge in [0.05, 0.1) is 5.69 Å². The van der Waals surface area contributed by atoms with Gasteiger partial charge in [-0.2, -0.15) is 5.10 Å². The molecule has 0 fully saturated rings. The maximum atomic E-state index is 5.31. The summed E-state index contributed by atoms with van der Waals surface area (Å²) in [4.78, 5) is 4.03. The van der Waals surface area contributed by atoms with Gasteiger partial charge in [0.1, 0.15) is 6.33 Å². The van der Waals surface area contributed by atoms with Gasteiger partial charge in [-0.25, -0.2) is 4.98 Å². The number of hydrogen-bond acceptors (Lipinski definition) is 5. The number of thioether (sulfide) groups is 1. The third-order valence-corrected chi connectivity index (χ3v) is 3.28. The lowest BCUT2D eigenvalue weighted by Crippen LogP contribution is -1.80. The standard InChI is InChI=1S/C12H10N4OS/c1-2-4-9(5-3-1)11-6-10(16-17-11)7-18-12-13-8-14-15-12/h1-6,8H,7H2,(H,13,14,15). The van der Waals surface area contributed by atoms with Crippen molar-refractivity contribution in [2.45, 2.75) is 10.9 Å². The van der Waals surface area contributed by atoms with E-state index in [0.717, 1.165) is 22.2 Å². The predicted octanol–water partition coefficient (Wildman–Crippen LogP) is 2.75. The molecule has 6 heteroatoms. The van der Waals surface area contributed by atoms with Crippen LogP contribution in [0.4, 0.5) is 0 Å². The van der Waals surface area contributed by atoms with E-state index in [1.165, 1.54) is 18.1 Å². The fraction of sp³-hybridized carbons (Fsp3) is 0.0833. The molecule has 1 aromatic carbocycles. The van der Waals surface area contributed by atoms with E-state index in [4.69, 9.17) is 4.52 Å². The maximum Gasteiger partial charge on any atom is 0.183 e. The molecular formula is C12H10N4OS. The molecule has 0 aliphatic rings. The molecule has 0 aliphatic carbocycles. The van der Waals surface area contributed by atoms with Crippen LogP contribution in [0.5, 0.6) is 0 Å². The van der Waals surface area contributed by atoms with Crippen molar-refractivity contribution >= 4 is 11.8 Å². The first-order valence-electron chi connectivity index (χ1n) is 5.41. The molecule has 0 aliphatic heterocycles. The number of rotatable bonds is 4. The van der Waals surface area contributed by atoms with Gasteiger partial charge in [-0.15, -0.1) is 0 Å². The van der Waals surface area contributed by atoms with Gasteiger partial charge < -0.3 is 4.52 Å². The average Bonchev–Trinajstić information content (AvgIpc) is 3.09. The summed E-state index contributed by atoms with van der Waals surface area (Å²) in [5.74, 6) is 1.48. The average molecular weight is 258 g/mol. The Hall–Kier alpha value is -2.08. The van der Waals surface area contributed by atoms with Crippen molar-refractivity contribution in [3.8, 4) is 11.3 Å².